The predicted molar refractivity (Wildman–Crippen MR) is 89.1 cm³/mol. The Morgan fingerprint density at radius 1 is 1.13 bits per heavy atom. The summed E-state index contributed by atoms with van der Waals surface area (Å²) in [6.45, 7) is 8.39. The molecule has 0 radical (unpaired) electrons. The highest BCUT2D eigenvalue weighted by molar-refractivity contribution is 6.51. The largest absolute Gasteiger partial charge is 0.493 e. The van der Waals surface area contributed by atoms with Crippen LogP contribution in [0.25, 0.3) is 0 Å². The molecule has 1 heterocycles. The molecule has 1 saturated heterocycles. The van der Waals surface area contributed by atoms with Gasteiger partial charge in [0.25, 0.3) is 0 Å². The maximum atomic E-state index is 10.8. The minimum absolute atomic E-state index is 0.348. The molecular weight excluding hydrogens is 295 g/mol. The van der Waals surface area contributed by atoms with Crippen molar-refractivity contribution in [2.75, 3.05) is 13.7 Å². The third-order valence-electron chi connectivity index (χ3n) is 4.22. The molecule has 1 aliphatic rings. The normalized spacial score (nSPS) is 19.1. The number of carbonyl (C=O) groups is 1. The second-order valence-electron chi connectivity index (χ2n) is 6.39. The molecule has 1 aromatic rings. The molecule has 0 spiro atoms. The topological polar surface area (TPSA) is 54.0 Å². The van der Waals surface area contributed by atoms with E-state index in [1.165, 1.54) is 7.11 Å². The van der Waals surface area contributed by atoms with Gasteiger partial charge in [0.2, 0.25) is 0 Å². The molecule has 0 saturated carbocycles. The fourth-order valence-corrected chi connectivity index (χ4v) is 2.15. The van der Waals surface area contributed by atoms with Crippen molar-refractivity contribution in [3.8, 4) is 11.5 Å². The Morgan fingerprint density at radius 2 is 1.78 bits per heavy atom. The Labute approximate surface area is 137 Å². The Morgan fingerprint density at radius 3 is 2.35 bits per heavy atom. The highest BCUT2D eigenvalue weighted by Gasteiger charge is 2.49. The van der Waals surface area contributed by atoms with E-state index in [0.717, 1.165) is 6.29 Å². The van der Waals surface area contributed by atoms with Crippen LogP contribution < -0.4 is 9.47 Å². The van der Waals surface area contributed by atoms with Gasteiger partial charge in [-0.15, -0.1) is 0 Å². The predicted octanol–water partition coefficient (Wildman–Crippen LogP) is 3.07. The zero-order valence-corrected chi connectivity index (χ0v) is 14.3. The summed E-state index contributed by atoms with van der Waals surface area (Å²) in [5, 5.41) is 0. The number of ether oxygens (including phenoxy) is 2. The molecule has 23 heavy (non-hydrogen) atoms. The van der Waals surface area contributed by atoms with E-state index in [4.69, 9.17) is 18.8 Å². The van der Waals surface area contributed by atoms with Gasteiger partial charge in [-0.1, -0.05) is 12.1 Å². The molecule has 2 rings (SSSR count). The summed E-state index contributed by atoms with van der Waals surface area (Å²) in [5.41, 5.74) is -0.157. The van der Waals surface area contributed by atoms with Crippen LogP contribution in [0.4, 0.5) is 0 Å². The number of hydrogen-bond donors (Lipinski definition) is 0. The summed E-state index contributed by atoms with van der Waals surface area (Å²) in [5.74, 6) is 2.94. The lowest BCUT2D eigenvalue weighted by Gasteiger charge is -2.32. The van der Waals surface area contributed by atoms with Gasteiger partial charge in [0, 0.05) is 5.56 Å². The quantitative estimate of drug-likeness (QED) is 0.596. The molecule has 0 unspecified atom stereocenters. The van der Waals surface area contributed by atoms with Gasteiger partial charge in [0.05, 0.1) is 18.3 Å². The van der Waals surface area contributed by atoms with E-state index in [1.807, 2.05) is 39.7 Å². The molecule has 124 valence electrons. The standard InChI is InChI=1S/C17H23BO5/c1-16(2)17(3,4)23-18(22-16)9-6-10-21-14-8-7-13(12-19)11-15(14)20-5/h6-9,11-12H,10H2,1-5H3/b9-6+. The Kier molecular flexibility index (Phi) is 5.17. The van der Waals surface area contributed by atoms with Crippen LogP contribution in [0, 0.1) is 0 Å². The molecular formula is C17H23BO5. The molecule has 1 aromatic carbocycles. The molecule has 0 N–H and O–H groups in total. The van der Waals surface area contributed by atoms with E-state index in [9.17, 15) is 4.79 Å². The highest BCUT2D eigenvalue weighted by Crippen LogP contribution is 2.36. The van der Waals surface area contributed by atoms with Gasteiger partial charge in [-0.2, -0.15) is 0 Å². The SMILES string of the molecule is COc1cc(C=O)ccc1OC/C=C/B1OC(C)(C)C(C)(C)O1. The van der Waals surface area contributed by atoms with Crippen molar-refractivity contribution in [1.82, 2.24) is 0 Å². The third kappa shape index (κ3) is 3.95. The smallest absolute Gasteiger partial charge is 0.486 e. The average Bonchev–Trinajstić information content (AvgIpc) is 2.71. The van der Waals surface area contributed by atoms with E-state index < -0.39 is 0 Å². The lowest BCUT2D eigenvalue weighted by molar-refractivity contribution is 0.00578. The van der Waals surface area contributed by atoms with Crippen molar-refractivity contribution >= 4 is 13.4 Å². The first-order valence-electron chi connectivity index (χ1n) is 7.57. The van der Waals surface area contributed by atoms with Crippen molar-refractivity contribution in [2.24, 2.45) is 0 Å². The number of aldehydes is 1. The van der Waals surface area contributed by atoms with Gasteiger partial charge in [-0.3, -0.25) is 4.79 Å². The maximum absolute atomic E-state index is 10.8. The van der Waals surface area contributed by atoms with Gasteiger partial charge >= 0.3 is 7.12 Å². The fourth-order valence-electron chi connectivity index (χ4n) is 2.15. The summed E-state index contributed by atoms with van der Waals surface area (Å²) in [6, 6.07) is 5.04. The van der Waals surface area contributed by atoms with Gasteiger partial charge in [0.1, 0.15) is 12.9 Å². The van der Waals surface area contributed by atoms with Crippen LogP contribution >= 0.6 is 0 Å². The molecule has 1 aliphatic heterocycles. The lowest BCUT2D eigenvalue weighted by Crippen LogP contribution is -2.41. The number of benzene rings is 1. The summed E-state index contributed by atoms with van der Waals surface area (Å²) in [7, 11) is 1.15. The summed E-state index contributed by atoms with van der Waals surface area (Å²) < 4.78 is 22.6. The van der Waals surface area contributed by atoms with Crippen LogP contribution in [-0.2, 0) is 9.31 Å². The molecule has 0 bridgehead atoms. The summed E-state index contributed by atoms with van der Waals surface area (Å²) >= 11 is 0. The van der Waals surface area contributed by atoms with Crippen molar-refractivity contribution in [2.45, 2.75) is 38.9 Å². The van der Waals surface area contributed by atoms with Crippen molar-refractivity contribution < 1.29 is 23.6 Å². The van der Waals surface area contributed by atoms with E-state index in [-0.39, 0.29) is 18.3 Å². The zero-order chi connectivity index (χ0) is 17.1. The van der Waals surface area contributed by atoms with Crippen LogP contribution in [0.3, 0.4) is 0 Å². The minimum Gasteiger partial charge on any atom is -0.493 e. The molecule has 6 heteroatoms. The molecule has 0 aliphatic carbocycles. The van der Waals surface area contributed by atoms with Gasteiger partial charge in [-0.05, 0) is 45.9 Å². The van der Waals surface area contributed by atoms with Crippen LogP contribution in [0.5, 0.6) is 11.5 Å². The van der Waals surface area contributed by atoms with Gasteiger partial charge in [0.15, 0.2) is 11.5 Å². The average molecular weight is 318 g/mol. The summed E-state index contributed by atoms with van der Waals surface area (Å²) in [4.78, 5) is 10.8. The Bertz CT molecular complexity index is 579. The second kappa shape index (κ2) is 6.77. The number of methoxy groups -OCH3 is 1. The molecule has 0 aromatic heterocycles. The zero-order valence-electron chi connectivity index (χ0n) is 14.3. The molecule has 0 amide bonds. The first kappa shape index (κ1) is 17.6. The first-order valence-corrected chi connectivity index (χ1v) is 7.57. The van der Waals surface area contributed by atoms with Crippen LogP contribution in [0.2, 0.25) is 0 Å². The van der Waals surface area contributed by atoms with Gasteiger partial charge < -0.3 is 18.8 Å². The number of rotatable bonds is 6. The van der Waals surface area contributed by atoms with E-state index in [2.05, 4.69) is 0 Å². The van der Waals surface area contributed by atoms with E-state index >= 15 is 0 Å². The van der Waals surface area contributed by atoms with Crippen LogP contribution in [0.1, 0.15) is 38.1 Å². The monoisotopic (exact) mass is 318 g/mol. The fraction of sp³-hybridized carbons (Fsp3) is 0.471. The van der Waals surface area contributed by atoms with E-state index in [0.29, 0.717) is 23.7 Å². The lowest BCUT2D eigenvalue weighted by atomic mass is 9.90. The van der Waals surface area contributed by atoms with E-state index in [1.54, 1.807) is 18.2 Å². The van der Waals surface area contributed by atoms with Gasteiger partial charge in [-0.25, -0.2) is 0 Å². The molecule has 5 nitrogen and oxygen atoms in total. The Hall–Kier alpha value is -1.79. The van der Waals surface area contributed by atoms with Crippen LogP contribution in [-0.4, -0.2) is 38.3 Å². The second-order valence-corrected chi connectivity index (χ2v) is 6.39. The third-order valence-corrected chi connectivity index (χ3v) is 4.22. The van der Waals surface area contributed by atoms with Crippen molar-refractivity contribution in [1.29, 1.82) is 0 Å². The number of hydrogen-bond acceptors (Lipinski definition) is 5. The maximum Gasteiger partial charge on any atom is 0.486 e. The van der Waals surface area contributed by atoms with Crippen LogP contribution in [0.15, 0.2) is 30.3 Å². The van der Waals surface area contributed by atoms with Crippen molar-refractivity contribution in [3.63, 3.8) is 0 Å². The Balaban J connectivity index is 1.92. The first-order chi connectivity index (χ1) is 10.8. The summed E-state index contributed by atoms with van der Waals surface area (Å²) in [6.07, 6.45) is 2.61. The van der Waals surface area contributed by atoms with Crippen molar-refractivity contribution in [3.05, 3.63) is 35.8 Å². The minimum atomic E-state index is -0.386. The molecule has 1 fully saturated rings. The molecule has 0 atom stereocenters. The number of carbonyl (C=O) groups excluding carboxylic acids is 1. The highest BCUT2D eigenvalue weighted by atomic mass is 16.7.